The van der Waals surface area contributed by atoms with Crippen molar-refractivity contribution in [1.29, 1.82) is 0 Å². The number of carbonyl (C=O) groups excluding carboxylic acids is 1. The first kappa shape index (κ1) is 14.4. The van der Waals surface area contributed by atoms with Crippen LogP contribution in [0.5, 0.6) is 0 Å². The van der Waals surface area contributed by atoms with Crippen LogP contribution in [0.3, 0.4) is 0 Å². The molecule has 0 saturated heterocycles. The second-order valence-electron chi connectivity index (χ2n) is 5.64. The average Bonchev–Trinajstić information content (AvgIpc) is 2.65. The second-order valence-corrected chi connectivity index (χ2v) is 5.64. The number of carbonyl (C=O) groups is 1. The molecule has 0 radical (unpaired) electrons. The molecule has 2 rings (SSSR count). The topological polar surface area (TPSA) is 59.0 Å². The maximum Gasteiger partial charge on any atom is 0.319 e. The highest BCUT2D eigenvalue weighted by atomic mass is 16.2. The first-order chi connectivity index (χ1) is 9.38. The molecule has 5 heteroatoms. The summed E-state index contributed by atoms with van der Waals surface area (Å²) in [6.07, 6.45) is 0. The van der Waals surface area contributed by atoms with Gasteiger partial charge in [0.05, 0.1) is 11.0 Å². The van der Waals surface area contributed by atoms with Gasteiger partial charge < -0.3 is 15.2 Å². The van der Waals surface area contributed by atoms with E-state index < -0.39 is 0 Å². The van der Waals surface area contributed by atoms with Crippen LogP contribution >= 0.6 is 0 Å². The highest BCUT2D eigenvalue weighted by Gasteiger charge is 2.12. The Morgan fingerprint density at radius 3 is 2.55 bits per heavy atom. The van der Waals surface area contributed by atoms with Crippen LogP contribution < -0.4 is 10.6 Å². The Morgan fingerprint density at radius 1 is 1.25 bits per heavy atom. The predicted octanol–water partition coefficient (Wildman–Crippen LogP) is 3.23. The fourth-order valence-electron chi connectivity index (χ4n) is 2.24. The number of nitrogens with zero attached hydrogens (tertiary/aromatic N) is 2. The van der Waals surface area contributed by atoms with Gasteiger partial charge in [-0.1, -0.05) is 13.8 Å². The van der Waals surface area contributed by atoms with Crippen LogP contribution in [0.1, 0.15) is 39.4 Å². The third kappa shape index (κ3) is 2.92. The van der Waals surface area contributed by atoms with E-state index >= 15 is 0 Å². The molecule has 1 heterocycles. The highest BCUT2D eigenvalue weighted by molar-refractivity contribution is 5.92. The molecule has 0 saturated carbocycles. The van der Waals surface area contributed by atoms with Crippen molar-refractivity contribution >= 4 is 22.8 Å². The Balaban J connectivity index is 2.28. The van der Waals surface area contributed by atoms with E-state index in [1.807, 2.05) is 39.1 Å². The summed E-state index contributed by atoms with van der Waals surface area (Å²) in [4.78, 5) is 16.3. The standard InChI is InChI=1S/C15H22N4O/c1-9(2)14-18-12-8-11(6-7-13(12)19(14)5)17-15(20)16-10(3)4/h6-10H,1-5H3,(H2,16,17,20). The predicted molar refractivity (Wildman–Crippen MR) is 82.1 cm³/mol. The van der Waals surface area contributed by atoms with E-state index in [0.717, 1.165) is 22.5 Å². The molecule has 5 nitrogen and oxygen atoms in total. The largest absolute Gasteiger partial charge is 0.336 e. The lowest BCUT2D eigenvalue weighted by atomic mass is 10.2. The number of fused-ring (bicyclic) bond motifs is 1. The molecule has 2 N–H and O–H groups in total. The van der Waals surface area contributed by atoms with Crippen molar-refractivity contribution in [2.75, 3.05) is 5.32 Å². The maximum atomic E-state index is 11.7. The number of anilines is 1. The van der Waals surface area contributed by atoms with E-state index in [-0.39, 0.29) is 12.1 Å². The summed E-state index contributed by atoms with van der Waals surface area (Å²) >= 11 is 0. The molecular weight excluding hydrogens is 252 g/mol. The molecule has 1 aromatic heterocycles. The van der Waals surface area contributed by atoms with Crippen LogP contribution in [0.15, 0.2) is 18.2 Å². The zero-order valence-corrected chi connectivity index (χ0v) is 12.7. The minimum Gasteiger partial charge on any atom is -0.336 e. The summed E-state index contributed by atoms with van der Waals surface area (Å²) in [5, 5.41) is 5.62. The molecule has 0 bridgehead atoms. The number of nitrogens with one attached hydrogen (secondary N) is 2. The zero-order valence-electron chi connectivity index (χ0n) is 12.7. The molecule has 108 valence electrons. The van der Waals surface area contributed by atoms with Gasteiger partial charge in [-0.2, -0.15) is 0 Å². The van der Waals surface area contributed by atoms with Crippen molar-refractivity contribution in [3.8, 4) is 0 Å². The van der Waals surface area contributed by atoms with Gasteiger partial charge in [0.25, 0.3) is 0 Å². The summed E-state index contributed by atoms with van der Waals surface area (Å²) < 4.78 is 2.10. The lowest BCUT2D eigenvalue weighted by molar-refractivity contribution is 0.250. The summed E-state index contributed by atoms with van der Waals surface area (Å²) in [6.45, 7) is 8.10. The quantitative estimate of drug-likeness (QED) is 0.902. The third-order valence-electron chi connectivity index (χ3n) is 3.11. The van der Waals surface area contributed by atoms with E-state index in [2.05, 4.69) is 34.0 Å². The second kappa shape index (κ2) is 5.53. The van der Waals surface area contributed by atoms with Crippen molar-refractivity contribution in [1.82, 2.24) is 14.9 Å². The van der Waals surface area contributed by atoms with E-state index in [9.17, 15) is 4.79 Å². The molecule has 0 aliphatic heterocycles. The third-order valence-corrected chi connectivity index (χ3v) is 3.11. The van der Waals surface area contributed by atoms with E-state index in [4.69, 9.17) is 0 Å². The molecule has 0 fully saturated rings. The van der Waals surface area contributed by atoms with Crippen LogP contribution in [-0.2, 0) is 7.05 Å². The molecule has 0 unspecified atom stereocenters. The SMILES string of the molecule is CC(C)NC(=O)Nc1ccc2c(c1)nc(C(C)C)n2C. The Hall–Kier alpha value is -2.04. The molecule has 0 aliphatic carbocycles. The van der Waals surface area contributed by atoms with Gasteiger partial charge in [0.2, 0.25) is 0 Å². The van der Waals surface area contributed by atoms with Gasteiger partial charge in [-0.05, 0) is 32.0 Å². The Bertz CT molecular complexity index is 628. The fraction of sp³-hybridized carbons (Fsp3) is 0.467. The summed E-state index contributed by atoms with van der Waals surface area (Å²) in [5.41, 5.74) is 2.73. The normalized spacial score (nSPS) is 11.3. The minimum absolute atomic E-state index is 0.112. The zero-order chi connectivity index (χ0) is 14.9. The van der Waals surface area contributed by atoms with Gasteiger partial charge >= 0.3 is 6.03 Å². The van der Waals surface area contributed by atoms with Gasteiger partial charge in [-0.3, -0.25) is 0 Å². The Morgan fingerprint density at radius 2 is 1.95 bits per heavy atom. The molecule has 1 aromatic carbocycles. The van der Waals surface area contributed by atoms with Crippen molar-refractivity contribution in [2.45, 2.75) is 39.7 Å². The van der Waals surface area contributed by atoms with Crippen LogP contribution in [0.4, 0.5) is 10.5 Å². The minimum atomic E-state index is -0.195. The summed E-state index contributed by atoms with van der Waals surface area (Å²) in [7, 11) is 2.02. The molecule has 2 aromatic rings. The number of hydrogen-bond donors (Lipinski definition) is 2. The van der Waals surface area contributed by atoms with E-state index in [1.54, 1.807) is 0 Å². The first-order valence-corrected chi connectivity index (χ1v) is 6.92. The number of amides is 2. The lowest BCUT2D eigenvalue weighted by Gasteiger charge is -2.10. The van der Waals surface area contributed by atoms with Gasteiger partial charge in [-0.15, -0.1) is 0 Å². The monoisotopic (exact) mass is 274 g/mol. The number of aryl methyl sites for hydroxylation is 1. The number of imidazole rings is 1. The van der Waals surface area contributed by atoms with Gasteiger partial charge in [-0.25, -0.2) is 9.78 Å². The van der Waals surface area contributed by atoms with Gasteiger partial charge in [0, 0.05) is 24.7 Å². The maximum absolute atomic E-state index is 11.7. The summed E-state index contributed by atoms with van der Waals surface area (Å²) in [6, 6.07) is 5.70. The molecule has 0 atom stereocenters. The van der Waals surface area contributed by atoms with E-state index in [1.165, 1.54) is 0 Å². The number of aromatic nitrogens is 2. The van der Waals surface area contributed by atoms with Crippen LogP contribution in [0.25, 0.3) is 11.0 Å². The molecule has 20 heavy (non-hydrogen) atoms. The molecule has 0 spiro atoms. The number of rotatable bonds is 3. The fourth-order valence-corrected chi connectivity index (χ4v) is 2.24. The highest BCUT2D eigenvalue weighted by Crippen LogP contribution is 2.23. The number of benzene rings is 1. The van der Waals surface area contributed by atoms with Crippen molar-refractivity contribution in [3.63, 3.8) is 0 Å². The van der Waals surface area contributed by atoms with E-state index in [0.29, 0.717) is 5.92 Å². The smallest absolute Gasteiger partial charge is 0.319 e. The summed E-state index contributed by atoms with van der Waals surface area (Å²) in [5.74, 6) is 1.41. The van der Waals surface area contributed by atoms with Crippen LogP contribution in [-0.4, -0.2) is 21.6 Å². The van der Waals surface area contributed by atoms with Gasteiger partial charge in [0.1, 0.15) is 5.82 Å². The van der Waals surface area contributed by atoms with Crippen molar-refractivity contribution in [3.05, 3.63) is 24.0 Å². The van der Waals surface area contributed by atoms with Crippen molar-refractivity contribution < 1.29 is 4.79 Å². The molecule has 2 amide bonds. The molecule has 0 aliphatic rings. The Kier molecular flexibility index (Phi) is 3.97. The van der Waals surface area contributed by atoms with Crippen molar-refractivity contribution in [2.24, 2.45) is 7.05 Å². The Labute approximate surface area is 119 Å². The number of urea groups is 1. The van der Waals surface area contributed by atoms with Crippen LogP contribution in [0.2, 0.25) is 0 Å². The first-order valence-electron chi connectivity index (χ1n) is 6.92. The lowest BCUT2D eigenvalue weighted by Crippen LogP contribution is -2.34. The number of hydrogen-bond acceptors (Lipinski definition) is 2. The van der Waals surface area contributed by atoms with Gasteiger partial charge in [0.15, 0.2) is 0 Å². The van der Waals surface area contributed by atoms with Crippen LogP contribution in [0, 0.1) is 0 Å². The average molecular weight is 274 g/mol. The molecular formula is C15H22N4O.